The maximum absolute atomic E-state index is 13.0. The topological polar surface area (TPSA) is 149 Å². The lowest BCUT2D eigenvalue weighted by atomic mass is 9.99. The molecule has 0 saturated carbocycles. The molecule has 370 valence electrons. The summed E-state index contributed by atoms with van der Waals surface area (Å²) in [6.07, 6.45) is 49.3. The summed E-state index contributed by atoms with van der Waals surface area (Å²) < 4.78 is 11.2. The summed E-state index contributed by atoms with van der Waals surface area (Å²) >= 11 is 0. The second-order valence-corrected chi connectivity index (χ2v) is 18.7. The van der Waals surface area contributed by atoms with Gasteiger partial charge in [0, 0.05) is 6.42 Å². The van der Waals surface area contributed by atoms with E-state index in [-0.39, 0.29) is 12.5 Å². The van der Waals surface area contributed by atoms with Gasteiger partial charge in [0.1, 0.15) is 24.4 Å². The van der Waals surface area contributed by atoms with E-state index in [1.807, 2.05) is 6.08 Å². The molecule has 1 aliphatic rings. The second kappa shape index (κ2) is 44.3. The van der Waals surface area contributed by atoms with Crippen LogP contribution in [0.25, 0.3) is 0 Å². The van der Waals surface area contributed by atoms with Gasteiger partial charge in [0.2, 0.25) is 5.91 Å². The number of carbonyl (C=O) groups is 1. The zero-order valence-electron chi connectivity index (χ0n) is 40.8. The van der Waals surface area contributed by atoms with Crippen LogP contribution in [0.2, 0.25) is 0 Å². The summed E-state index contributed by atoms with van der Waals surface area (Å²) in [5.41, 5.74) is 0. The molecule has 9 nitrogen and oxygen atoms in total. The number of hydrogen-bond acceptors (Lipinski definition) is 8. The Morgan fingerprint density at radius 2 is 0.905 bits per heavy atom. The number of aliphatic hydroxyl groups excluding tert-OH is 5. The van der Waals surface area contributed by atoms with E-state index < -0.39 is 49.5 Å². The Kier molecular flexibility index (Phi) is 41.7. The van der Waals surface area contributed by atoms with Gasteiger partial charge in [-0.1, -0.05) is 217 Å². The first-order valence-electron chi connectivity index (χ1n) is 26.7. The number of hydrogen-bond donors (Lipinski definition) is 6. The van der Waals surface area contributed by atoms with Gasteiger partial charge in [0.25, 0.3) is 0 Å². The monoisotopic (exact) mass is 892 g/mol. The molecular formula is C54H101NO8. The van der Waals surface area contributed by atoms with E-state index in [1.54, 1.807) is 6.08 Å². The number of amides is 1. The first-order valence-corrected chi connectivity index (χ1v) is 26.7. The molecule has 7 unspecified atom stereocenters. The standard InChI is InChI=1S/C54H101NO8/c1-3-5-7-9-11-13-15-17-18-19-20-21-22-23-24-25-26-27-28-29-30-32-33-35-37-39-41-43-48(57)47(46-62-54-53(61)52(60)51(59)49(45-56)63-54)55-50(58)44-42-40-38-36-34-31-16-14-12-10-8-6-4-2/h14,16,33,35,41,43,47-49,51-54,56-57,59-61H,3-13,15,17-32,34,36-40,42,44-46H2,1-2H3,(H,55,58)/b16-14-,35-33+,43-41+. The molecule has 1 heterocycles. The van der Waals surface area contributed by atoms with Crippen LogP contribution in [-0.4, -0.2) is 87.5 Å². The smallest absolute Gasteiger partial charge is 0.220 e. The summed E-state index contributed by atoms with van der Waals surface area (Å²) in [5.74, 6) is -0.195. The van der Waals surface area contributed by atoms with E-state index in [4.69, 9.17) is 9.47 Å². The first-order chi connectivity index (χ1) is 30.8. The predicted octanol–water partition coefficient (Wildman–Crippen LogP) is 12.4. The van der Waals surface area contributed by atoms with Crippen molar-refractivity contribution in [3.8, 4) is 0 Å². The summed E-state index contributed by atoms with van der Waals surface area (Å²) in [6, 6.07) is -0.825. The molecule has 0 aromatic heterocycles. The van der Waals surface area contributed by atoms with Crippen molar-refractivity contribution in [2.75, 3.05) is 13.2 Å². The summed E-state index contributed by atoms with van der Waals surface area (Å²) in [4.78, 5) is 13.0. The lowest BCUT2D eigenvalue weighted by molar-refractivity contribution is -0.302. The Morgan fingerprint density at radius 3 is 1.35 bits per heavy atom. The first kappa shape index (κ1) is 59.4. The highest BCUT2D eigenvalue weighted by Gasteiger charge is 2.44. The molecule has 1 aliphatic heterocycles. The Labute approximate surface area is 387 Å². The molecule has 1 fully saturated rings. The minimum Gasteiger partial charge on any atom is -0.394 e. The van der Waals surface area contributed by atoms with Crippen LogP contribution in [0.4, 0.5) is 0 Å². The molecule has 0 aromatic carbocycles. The number of unbranched alkanes of at least 4 members (excludes halogenated alkanes) is 31. The molecule has 0 radical (unpaired) electrons. The van der Waals surface area contributed by atoms with E-state index in [0.717, 1.165) is 57.8 Å². The molecular weight excluding hydrogens is 791 g/mol. The highest BCUT2D eigenvalue weighted by Crippen LogP contribution is 2.23. The van der Waals surface area contributed by atoms with Gasteiger partial charge in [0.15, 0.2) is 6.29 Å². The van der Waals surface area contributed by atoms with E-state index in [1.165, 1.54) is 167 Å². The van der Waals surface area contributed by atoms with Gasteiger partial charge >= 0.3 is 0 Å². The fourth-order valence-electron chi connectivity index (χ4n) is 8.40. The van der Waals surface area contributed by atoms with Crippen LogP contribution in [0.15, 0.2) is 36.5 Å². The summed E-state index contributed by atoms with van der Waals surface area (Å²) in [6.45, 7) is 3.75. The Bertz CT molecular complexity index is 1080. The number of ether oxygens (including phenoxy) is 2. The average Bonchev–Trinajstić information content (AvgIpc) is 3.28. The van der Waals surface area contributed by atoms with Crippen molar-refractivity contribution in [3.05, 3.63) is 36.5 Å². The number of carbonyl (C=O) groups excluding carboxylic acids is 1. The lowest BCUT2D eigenvalue weighted by Crippen LogP contribution is -2.60. The maximum Gasteiger partial charge on any atom is 0.220 e. The number of aliphatic hydroxyl groups is 5. The Morgan fingerprint density at radius 1 is 0.524 bits per heavy atom. The van der Waals surface area contributed by atoms with Gasteiger partial charge < -0.3 is 40.3 Å². The fraction of sp³-hybridized carbons (Fsp3) is 0.870. The summed E-state index contributed by atoms with van der Waals surface area (Å²) in [5, 5.41) is 54.3. The van der Waals surface area contributed by atoms with Crippen molar-refractivity contribution >= 4 is 5.91 Å². The zero-order valence-corrected chi connectivity index (χ0v) is 40.8. The van der Waals surface area contributed by atoms with Crippen LogP contribution in [0, 0.1) is 0 Å². The van der Waals surface area contributed by atoms with E-state index >= 15 is 0 Å². The molecule has 0 aliphatic carbocycles. The summed E-state index contributed by atoms with van der Waals surface area (Å²) in [7, 11) is 0. The van der Waals surface area contributed by atoms with Crippen molar-refractivity contribution in [1.82, 2.24) is 5.32 Å². The van der Waals surface area contributed by atoms with Gasteiger partial charge in [-0.3, -0.25) is 4.79 Å². The maximum atomic E-state index is 13.0. The molecule has 9 heteroatoms. The largest absolute Gasteiger partial charge is 0.394 e. The van der Waals surface area contributed by atoms with E-state index in [0.29, 0.717) is 6.42 Å². The second-order valence-electron chi connectivity index (χ2n) is 18.7. The number of nitrogens with one attached hydrogen (secondary N) is 1. The van der Waals surface area contributed by atoms with Crippen LogP contribution < -0.4 is 5.32 Å². The zero-order chi connectivity index (χ0) is 45.9. The normalized spacial score (nSPS) is 20.4. The van der Waals surface area contributed by atoms with Gasteiger partial charge in [-0.2, -0.15) is 0 Å². The highest BCUT2D eigenvalue weighted by molar-refractivity contribution is 5.76. The average molecular weight is 892 g/mol. The Balaban J connectivity index is 2.25. The Hall–Kier alpha value is -1.59. The quantitative estimate of drug-likeness (QED) is 0.0261. The lowest BCUT2D eigenvalue weighted by Gasteiger charge is -2.40. The van der Waals surface area contributed by atoms with Crippen molar-refractivity contribution in [2.24, 2.45) is 0 Å². The SMILES string of the molecule is CCCCCC/C=C\CCCCCCCC(=O)NC(COC1OC(CO)C(O)C(O)C1O)C(O)/C=C/CC/C=C/CCCCCCCCCCCCCCCCCCCCCCC. The van der Waals surface area contributed by atoms with Crippen LogP contribution in [-0.2, 0) is 14.3 Å². The van der Waals surface area contributed by atoms with Gasteiger partial charge in [-0.25, -0.2) is 0 Å². The molecule has 0 bridgehead atoms. The van der Waals surface area contributed by atoms with Crippen molar-refractivity contribution in [1.29, 1.82) is 0 Å². The third kappa shape index (κ3) is 34.4. The van der Waals surface area contributed by atoms with Gasteiger partial charge in [-0.05, 0) is 57.8 Å². The highest BCUT2D eigenvalue weighted by atomic mass is 16.7. The van der Waals surface area contributed by atoms with E-state index in [2.05, 4.69) is 43.5 Å². The minimum atomic E-state index is -1.57. The van der Waals surface area contributed by atoms with Crippen LogP contribution in [0.1, 0.15) is 245 Å². The van der Waals surface area contributed by atoms with Gasteiger partial charge in [-0.15, -0.1) is 0 Å². The minimum absolute atomic E-state index is 0.195. The molecule has 0 aromatic rings. The van der Waals surface area contributed by atoms with Crippen molar-refractivity contribution in [2.45, 2.75) is 288 Å². The molecule has 1 amide bonds. The molecule has 0 spiro atoms. The van der Waals surface area contributed by atoms with Crippen LogP contribution in [0.5, 0.6) is 0 Å². The number of allylic oxidation sites excluding steroid dienone is 5. The molecule has 63 heavy (non-hydrogen) atoms. The molecule has 6 N–H and O–H groups in total. The molecule has 1 rings (SSSR count). The van der Waals surface area contributed by atoms with Crippen LogP contribution >= 0.6 is 0 Å². The van der Waals surface area contributed by atoms with Crippen LogP contribution in [0.3, 0.4) is 0 Å². The van der Waals surface area contributed by atoms with Gasteiger partial charge in [0.05, 0.1) is 25.4 Å². The molecule has 1 saturated heterocycles. The third-order valence-corrected chi connectivity index (χ3v) is 12.7. The fourth-order valence-corrected chi connectivity index (χ4v) is 8.40. The number of rotatable bonds is 45. The van der Waals surface area contributed by atoms with Crippen molar-refractivity contribution in [3.63, 3.8) is 0 Å². The molecule has 7 atom stereocenters. The predicted molar refractivity (Wildman–Crippen MR) is 263 cm³/mol. The third-order valence-electron chi connectivity index (χ3n) is 12.7. The van der Waals surface area contributed by atoms with E-state index in [9.17, 15) is 30.3 Å². The van der Waals surface area contributed by atoms with Crippen molar-refractivity contribution < 1.29 is 39.8 Å².